The molecule has 0 aliphatic carbocycles. The first-order valence-electron chi connectivity index (χ1n) is 7.76. The lowest BCUT2D eigenvalue weighted by molar-refractivity contribution is -0.154. The summed E-state index contributed by atoms with van der Waals surface area (Å²) < 4.78 is 4.97. The molecule has 4 atom stereocenters. The van der Waals surface area contributed by atoms with E-state index in [2.05, 4.69) is 5.32 Å². The van der Waals surface area contributed by atoms with Crippen LogP contribution in [0, 0.1) is 11.8 Å². The SMILES string of the molecule is CCN1C(=O)[C@@H]2[C@H](c3cccs3)N[C@](CC)(C(=O)OC)[C@H]2C1=O. The van der Waals surface area contributed by atoms with Gasteiger partial charge in [0.1, 0.15) is 5.54 Å². The van der Waals surface area contributed by atoms with Gasteiger partial charge in [0.15, 0.2) is 0 Å². The Labute approximate surface area is 138 Å². The van der Waals surface area contributed by atoms with Crippen LogP contribution in [0.3, 0.4) is 0 Å². The van der Waals surface area contributed by atoms with Crippen LogP contribution in [-0.2, 0) is 19.1 Å². The van der Waals surface area contributed by atoms with Crippen LogP contribution >= 0.6 is 11.3 Å². The van der Waals surface area contributed by atoms with Crippen LogP contribution in [0.25, 0.3) is 0 Å². The summed E-state index contributed by atoms with van der Waals surface area (Å²) in [6, 6.07) is 3.49. The summed E-state index contributed by atoms with van der Waals surface area (Å²) in [6.45, 7) is 3.93. The molecule has 2 amide bonds. The monoisotopic (exact) mass is 336 g/mol. The minimum atomic E-state index is -1.15. The minimum Gasteiger partial charge on any atom is -0.468 e. The molecule has 3 rings (SSSR count). The van der Waals surface area contributed by atoms with Gasteiger partial charge in [-0.1, -0.05) is 13.0 Å². The molecule has 124 valence electrons. The number of nitrogens with one attached hydrogen (secondary N) is 1. The normalized spacial score (nSPS) is 33.2. The molecule has 0 saturated carbocycles. The Morgan fingerprint density at radius 3 is 2.65 bits per heavy atom. The van der Waals surface area contributed by atoms with Crippen molar-refractivity contribution in [3.63, 3.8) is 0 Å². The van der Waals surface area contributed by atoms with Gasteiger partial charge in [0.05, 0.1) is 25.0 Å². The van der Waals surface area contributed by atoms with Gasteiger partial charge in [0.2, 0.25) is 11.8 Å². The van der Waals surface area contributed by atoms with E-state index in [9.17, 15) is 14.4 Å². The van der Waals surface area contributed by atoms with Crippen molar-refractivity contribution in [2.75, 3.05) is 13.7 Å². The van der Waals surface area contributed by atoms with Crippen LogP contribution in [-0.4, -0.2) is 41.9 Å². The van der Waals surface area contributed by atoms with Crippen molar-refractivity contribution in [2.45, 2.75) is 31.8 Å². The summed E-state index contributed by atoms with van der Waals surface area (Å²) >= 11 is 1.52. The van der Waals surface area contributed by atoms with E-state index >= 15 is 0 Å². The molecule has 1 N–H and O–H groups in total. The number of carbonyl (C=O) groups excluding carboxylic acids is 3. The van der Waals surface area contributed by atoms with E-state index < -0.39 is 23.3 Å². The molecular weight excluding hydrogens is 316 g/mol. The topological polar surface area (TPSA) is 75.7 Å². The number of nitrogens with zero attached hydrogens (tertiary/aromatic N) is 1. The van der Waals surface area contributed by atoms with E-state index in [4.69, 9.17) is 4.74 Å². The molecule has 0 unspecified atom stereocenters. The van der Waals surface area contributed by atoms with Gasteiger partial charge in [-0.25, -0.2) is 0 Å². The number of methoxy groups -OCH3 is 1. The summed E-state index contributed by atoms with van der Waals surface area (Å²) in [5.74, 6) is -2.22. The second kappa shape index (κ2) is 5.72. The Morgan fingerprint density at radius 1 is 1.39 bits per heavy atom. The fourth-order valence-corrected chi connectivity index (χ4v) is 4.75. The first kappa shape index (κ1) is 16.1. The molecule has 0 bridgehead atoms. The summed E-state index contributed by atoms with van der Waals surface area (Å²) in [6.07, 6.45) is 0.388. The highest BCUT2D eigenvalue weighted by Crippen LogP contribution is 2.50. The number of ether oxygens (including phenoxy) is 1. The standard InChI is InChI=1S/C16H20N2O4S/c1-4-16(15(21)22-3)11-10(13(19)18(5-2)14(11)20)12(17-16)9-7-6-8-23-9/h6-8,10-12,17H,4-5H2,1-3H3/t10-,11+,12-,16-/m0/s1. The summed E-state index contributed by atoms with van der Waals surface area (Å²) in [4.78, 5) is 40.3. The van der Waals surface area contributed by atoms with Crippen molar-refractivity contribution in [1.82, 2.24) is 10.2 Å². The number of hydrogen-bond acceptors (Lipinski definition) is 6. The highest BCUT2D eigenvalue weighted by molar-refractivity contribution is 7.10. The molecule has 2 aliphatic heterocycles. The minimum absolute atomic E-state index is 0.201. The van der Waals surface area contributed by atoms with E-state index in [1.165, 1.54) is 23.3 Å². The lowest BCUT2D eigenvalue weighted by atomic mass is 9.78. The molecule has 1 aromatic rings. The van der Waals surface area contributed by atoms with E-state index in [1.807, 2.05) is 24.4 Å². The highest BCUT2D eigenvalue weighted by atomic mass is 32.1. The van der Waals surface area contributed by atoms with Gasteiger partial charge in [-0.15, -0.1) is 11.3 Å². The van der Waals surface area contributed by atoms with Crippen molar-refractivity contribution >= 4 is 29.1 Å². The van der Waals surface area contributed by atoms with Crippen molar-refractivity contribution in [1.29, 1.82) is 0 Å². The van der Waals surface area contributed by atoms with Crippen LogP contribution in [0.15, 0.2) is 17.5 Å². The second-order valence-electron chi connectivity index (χ2n) is 5.88. The number of likely N-dealkylation sites (tertiary alicyclic amines) is 1. The maximum Gasteiger partial charge on any atom is 0.326 e. The third kappa shape index (κ3) is 2.06. The molecular formula is C16H20N2O4S. The Hall–Kier alpha value is -1.73. The summed E-state index contributed by atoms with van der Waals surface area (Å²) in [5.41, 5.74) is -1.15. The molecule has 0 spiro atoms. The van der Waals surface area contributed by atoms with E-state index in [1.54, 1.807) is 6.92 Å². The van der Waals surface area contributed by atoms with Gasteiger partial charge in [-0.2, -0.15) is 0 Å². The smallest absolute Gasteiger partial charge is 0.326 e. The summed E-state index contributed by atoms with van der Waals surface area (Å²) in [7, 11) is 1.31. The number of rotatable bonds is 4. The number of imide groups is 1. The quantitative estimate of drug-likeness (QED) is 0.663. The highest BCUT2D eigenvalue weighted by Gasteiger charge is 2.67. The number of carbonyl (C=O) groups is 3. The first-order valence-corrected chi connectivity index (χ1v) is 8.64. The first-order chi connectivity index (χ1) is 11.0. The van der Waals surface area contributed by atoms with Crippen molar-refractivity contribution in [2.24, 2.45) is 11.8 Å². The van der Waals surface area contributed by atoms with Crippen molar-refractivity contribution in [3.05, 3.63) is 22.4 Å². The lowest BCUT2D eigenvalue weighted by Crippen LogP contribution is -2.55. The van der Waals surface area contributed by atoms with Crippen LogP contribution in [0.2, 0.25) is 0 Å². The average molecular weight is 336 g/mol. The Bertz CT molecular complexity index is 645. The Morgan fingerprint density at radius 2 is 2.13 bits per heavy atom. The van der Waals surface area contributed by atoms with Crippen LogP contribution < -0.4 is 5.32 Å². The third-order valence-corrected chi connectivity index (χ3v) is 5.97. The number of thiophene rings is 1. The third-order valence-electron chi connectivity index (χ3n) is 5.02. The van der Waals surface area contributed by atoms with Gasteiger partial charge < -0.3 is 4.74 Å². The number of hydrogen-bond donors (Lipinski definition) is 1. The molecule has 1 aromatic heterocycles. The predicted octanol–water partition coefficient (Wildman–Crippen LogP) is 1.34. The van der Waals surface area contributed by atoms with Gasteiger partial charge in [0, 0.05) is 11.4 Å². The largest absolute Gasteiger partial charge is 0.468 e. The number of esters is 1. The van der Waals surface area contributed by atoms with E-state index in [0.717, 1.165) is 4.88 Å². The molecule has 0 aromatic carbocycles. The molecule has 23 heavy (non-hydrogen) atoms. The zero-order valence-electron chi connectivity index (χ0n) is 13.4. The maximum atomic E-state index is 12.8. The second-order valence-corrected chi connectivity index (χ2v) is 6.86. The summed E-state index contributed by atoms with van der Waals surface area (Å²) in [5, 5.41) is 5.21. The van der Waals surface area contributed by atoms with E-state index in [-0.39, 0.29) is 17.9 Å². The van der Waals surface area contributed by atoms with Crippen LogP contribution in [0.1, 0.15) is 31.2 Å². The molecule has 0 radical (unpaired) electrons. The number of amides is 2. The van der Waals surface area contributed by atoms with Crippen LogP contribution in [0.5, 0.6) is 0 Å². The molecule has 7 heteroatoms. The Balaban J connectivity index is 2.13. The van der Waals surface area contributed by atoms with Crippen LogP contribution in [0.4, 0.5) is 0 Å². The average Bonchev–Trinajstić information content (AvgIpc) is 3.24. The fourth-order valence-electron chi connectivity index (χ4n) is 3.92. The number of fused-ring (bicyclic) bond motifs is 1. The molecule has 3 heterocycles. The molecule has 2 fully saturated rings. The van der Waals surface area contributed by atoms with Crippen molar-refractivity contribution in [3.8, 4) is 0 Å². The van der Waals surface area contributed by atoms with Gasteiger partial charge in [0.25, 0.3) is 0 Å². The molecule has 2 saturated heterocycles. The fraction of sp³-hybridized carbons (Fsp3) is 0.562. The van der Waals surface area contributed by atoms with Crippen molar-refractivity contribution < 1.29 is 19.1 Å². The zero-order chi connectivity index (χ0) is 16.8. The van der Waals surface area contributed by atoms with Gasteiger partial charge >= 0.3 is 5.97 Å². The van der Waals surface area contributed by atoms with Gasteiger partial charge in [-0.05, 0) is 24.8 Å². The van der Waals surface area contributed by atoms with Gasteiger partial charge in [-0.3, -0.25) is 24.6 Å². The predicted molar refractivity (Wildman–Crippen MR) is 84.6 cm³/mol. The zero-order valence-corrected chi connectivity index (χ0v) is 14.2. The molecule has 2 aliphatic rings. The lowest BCUT2D eigenvalue weighted by Gasteiger charge is -2.31. The van der Waals surface area contributed by atoms with E-state index in [0.29, 0.717) is 13.0 Å². The molecule has 6 nitrogen and oxygen atoms in total. The Kier molecular flexibility index (Phi) is 4.01. The maximum absolute atomic E-state index is 12.8.